The summed E-state index contributed by atoms with van der Waals surface area (Å²) in [4.78, 5) is 30.8. The van der Waals surface area contributed by atoms with Crippen LogP contribution in [0, 0.1) is 0 Å². The summed E-state index contributed by atoms with van der Waals surface area (Å²) in [6.07, 6.45) is 0. The van der Waals surface area contributed by atoms with Crippen molar-refractivity contribution < 1.29 is 19.0 Å². The van der Waals surface area contributed by atoms with Crippen LogP contribution in [0.25, 0.3) is 16.6 Å². The number of aromatic nitrogens is 2. The number of hydrogen-bond donors (Lipinski definition) is 1. The van der Waals surface area contributed by atoms with Gasteiger partial charge >= 0.3 is 0 Å². The molecule has 1 amide bonds. The molecule has 0 unspecified atom stereocenters. The molecule has 3 aromatic carbocycles. The Kier molecular flexibility index (Phi) is 7.57. The smallest absolute Gasteiger partial charge is 0.266 e. The number of anilines is 1. The predicted octanol–water partition coefficient (Wildman–Crippen LogP) is 4.53. The van der Waals surface area contributed by atoms with Crippen LogP contribution in [0.4, 0.5) is 5.69 Å². The molecule has 0 bridgehead atoms. The third kappa shape index (κ3) is 5.41. The number of carbonyl (C=O) groups is 1. The largest absolute Gasteiger partial charge is 0.494 e. The number of fused-ring (bicyclic) bond motifs is 1. The molecule has 8 nitrogen and oxygen atoms in total. The zero-order chi connectivity index (χ0) is 24.8. The van der Waals surface area contributed by atoms with Crippen LogP contribution in [-0.2, 0) is 4.79 Å². The summed E-state index contributed by atoms with van der Waals surface area (Å²) < 4.78 is 17.6. The van der Waals surface area contributed by atoms with E-state index in [9.17, 15) is 9.59 Å². The molecule has 4 rings (SSSR count). The quantitative estimate of drug-likeness (QED) is 0.272. The van der Waals surface area contributed by atoms with Crippen LogP contribution in [0.3, 0.4) is 0 Å². The summed E-state index contributed by atoms with van der Waals surface area (Å²) in [5.74, 6) is 1.60. The maximum Gasteiger partial charge on any atom is 0.266 e. The van der Waals surface area contributed by atoms with Crippen LogP contribution in [0.5, 0.6) is 17.2 Å². The van der Waals surface area contributed by atoms with Crippen LogP contribution in [0.1, 0.15) is 6.92 Å². The van der Waals surface area contributed by atoms with Crippen LogP contribution >= 0.6 is 11.8 Å². The van der Waals surface area contributed by atoms with Gasteiger partial charge < -0.3 is 19.5 Å². The molecule has 0 aliphatic carbocycles. The van der Waals surface area contributed by atoms with Gasteiger partial charge in [0.15, 0.2) is 16.7 Å². The lowest BCUT2D eigenvalue weighted by atomic mass is 10.2. The van der Waals surface area contributed by atoms with Crippen LogP contribution in [-0.4, -0.2) is 42.0 Å². The molecule has 0 fully saturated rings. The highest BCUT2D eigenvalue weighted by molar-refractivity contribution is 7.99. The number of para-hydroxylation sites is 1. The highest BCUT2D eigenvalue weighted by Gasteiger charge is 2.15. The Morgan fingerprint density at radius 2 is 1.74 bits per heavy atom. The second-order valence-corrected chi connectivity index (χ2v) is 8.33. The zero-order valence-electron chi connectivity index (χ0n) is 19.6. The van der Waals surface area contributed by atoms with Gasteiger partial charge in [0.05, 0.1) is 43.2 Å². The van der Waals surface area contributed by atoms with E-state index in [-0.39, 0.29) is 17.2 Å². The topological polar surface area (TPSA) is 91.7 Å². The summed E-state index contributed by atoms with van der Waals surface area (Å²) in [5, 5.41) is 3.76. The average Bonchev–Trinajstić information content (AvgIpc) is 2.88. The van der Waals surface area contributed by atoms with Gasteiger partial charge in [-0.05, 0) is 55.5 Å². The monoisotopic (exact) mass is 491 g/mol. The maximum atomic E-state index is 13.4. The average molecular weight is 492 g/mol. The first kappa shape index (κ1) is 24.2. The Bertz CT molecular complexity index is 1400. The molecule has 35 heavy (non-hydrogen) atoms. The van der Waals surface area contributed by atoms with E-state index in [0.29, 0.717) is 51.3 Å². The van der Waals surface area contributed by atoms with Crippen LogP contribution in [0.15, 0.2) is 76.7 Å². The summed E-state index contributed by atoms with van der Waals surface area (Å²) in [7, 11) is 3.08. The molecule has 1 aromatic heterocycles. The molecule has 0 aliphatic heterocycles. The highest BCUT2D eigenvalue weighted by Crippen LogP contribution is 2.30. The number of nitrogens with one attached hydrogen (secondary N) is 1. The van der Waals surface area contributed by atoms with Gasteiger partial charge in [0, 0.05) is 11.8 Å². The molecule has 1 N–H and O–H groups in total. The minimum atomic E-state index is -0.247. The molecular weight excluding hydrogens is 466 g/mol. The Labute approximate surface area is 206 Å². The molecule has 9 heteroatoms. The Hall–Kier alpha value is -3.98. The van der Waals surface area contributed by atoms with Crippen molar-refractivity contribution in [3.05, 3.63) is 77.1 Å². The van der Waals surface area contributed by atoms with Gasteiger partial charge in [-0.25, -0.2) is 4.98 Å². The van der Waals surface area contributed by atoms with Crippen LogP contribution in [0.2, 0.25) is 0 Å². The lowest BCUT2D eigenvalue weighted by Crippen LogP contribution is -2.23. The fourth-order valence-corrected chi connectivity index (χ4v) is 4.35. The number of thioether (sulfide) groups is 1. The lowest BCUT2D eigenvalue weighted by molar-refractivity contribution is -0.113. The molecule has 1 heterocycles. The standard InChI is InChI=1S/C26H25N3O5S/c1-4-34-19-12-10-18(11-13-19)29-25(31)20-7-5-6-8-21(20)28-26(29)35-16-24(30)27-17-9-14-22(32-2)23(15-17)33-3/h5-15H,4,16H2,1-3H3,(H,27,30). The van der Waals surface area contributed by atoms with Gasteiger partial charge in [0.1, 0.15) is 5.75 Å². The fourth-order valence-electron chi connectivity index (χ4n) is 3.54. The molecule has 4 aromatic rings. The van der Waals surface area contributed by atoms with Crippen molar-refractivity contribution in [1.29, 1.82) is 0 Å². The van der Waals surface area contributed by atoms with E-state index in [1.807, 2.05) is 13.0 Å². The Morgan fingerprint density at radius 1 is 1.00 bits per heavy atom. The molecule has 0 radical (unpaired) electrons. The summed E-state index contributed by atoms with van der Waals surface area (Å²) in [6.45, 7) is 2.46. The van der Waals surface area contributed by atoms with Gasteiger partial charge in [0.2, 0.25) is 5.91 Å². The molecule has 0 saturated carbocycles. The molecule has 0 saturated heterocycles. The second-order valence-electron chi connectivity index (χ2n) is 7.39. The van der Waals surface area contributed by atoms with Gasteiger partial charge in [-0.3, -0.25) is 14.2 Å². The van der Waals surface area contributed by atoms with E-state index in [1.165, 1.54) is 23.4 Å². The number of ether oxygens (including phenoxy) is 3. The molecule has 0 atom stereocenters. The van der Waals surface area contributed by atoms with Gasteiger partial charge in [0.25, 0.3) is 5.56 Å². The predicted molar refractivity (Wildman–Crippen MR) is 137 cm³/mol. The summed E-state index contributed by atoms with van der Waals surface area (Å²) >= 11 is 1.18. The van der Waals surface area contributed by atoms with E-state index < -0.39 is 0 Å². The minimum absolute atomic E-state index is 0.0517. The number of amides is 1. The number of nitrogens with zero attached hydrogens (tertiary/aromatic N) is 2. The number of rotatable bonds is 9. The number of methoxy groups -OCH3 is 2. The van der Waals surface area contributed by atoms with Gasteiger partial charge in [-0.2, -0.15) is 0 Å². The Balaban J connectivity index is 1.61. The van der Waals surface area contributed by atoms with E-state index in [0.717, 1.165) is 0 Å². The zero-order valence-corrected chi connectivity index (χ0v) is 20.4. The third-order valence-corrected chi connectivity index (χ3v) is 6.09. The second kappa shape index (κ2) is 11.0. The van der Waals surface area contributed by atoms with Crippen molar-refractivity contribution in [3.8, 4) is 22.9 Å². The van der Waals surface area contributed by atoms with Crippen molar-refractivity contribution in [2.45, 2.75) is 12.1 Å². The SMILES string of the molecule is CCOc1ccc(-n2c(SCC(=O)Nc3ccc(OC)c(OC)c3)nc3ccccc3c2=O)cc1. The van der Waals surface area contributed by atoms with E-state index in [1.54, 1.807) is 67.8 Å². The number of hydrogen-bond acceptors (Lipinski definition) is 7. The summed E-state index contributed by atoms with van der Waals surface area (Å²) in [5.41, 5.74) is 1.58. The first-order valence-electron chi connectivity index (χ1n) is 10.9. The number of benzene rings is 3. The molecule has 180 valence electrons. The molecule has 0 spiro atoms. The van der Waals surface area contributed by atoms with E-state index in [2.05, 4.69) is 10.3 Å². The first-order valence-corrected chi connectivity index (χ1v) is 11.9. The number of carbonyl (C=O) groups excluding carboxylic acids is 1. The van der Waals surface area contributed by atoms with E-state index in [4.69, 9.17) is 14.2 Å². The minimum Gasteiger partial charge on any atom is -0.494 e. The first-order chi connectivity index (χ1) is 17.0. The normalized spacial score (nSPS) is 10.7. The molecule has 0 aliphatic rings. The maximum absolute atomic E-state index is 13.4. The summed E-state index contributed by atoms with van der Waals surface area (Å²) in [6, 6.07) is 19.5. The Morgan fingerprint density at radius 3 is 2.46 bits per heavy atom. The van der Waals surface area contributed by atoms with Crippen molar-refractivity contribution >= 4 is 34.3 Å². The fraction of sp³-hybridized carbons (Fsp3) is 0.192. The lowest BCUT2D eigenvalue weighted by Gasteiger charge is -2.14. The third-order valence-electron chi connectivity index (χ3n) is 5.15. The van der Waals surface area contributed by atoms with Crippen molar-refractivity contribution in [1.82, 2.24) is 9.55 Å². The van der Waals surface area contributed by atoms with Crippen LogP contribution < -0.4 is 25.1 Å². The van der Waals surface area contributed by atoms with Crippen molar-refractivity contribution in [2.75, 3.05) is 31.9 Å². The highest BCUT2D eigenvalue weighted by atomic mass is 32.2. The van der Waals surface area contributed by atoms with Crippen molar-refractivity contribution in [3.63, 3.8) is 0 Å². The van der Waals surface area contributed by atoms with E-state index >= 15 is 0 Å². The van der Waals surface area contributed by atoms with Crippen molar-refractivity contribution in [2.24, 2.45) is 0 Å². The van der Waals surface area contributed by atoms with Gasteiger partial charge in [-0.1, -0.05) is 23.9 Å². The van der Waals surface area contributed by atoms with Gasteiger partial charge in [-0.15, -0.1) is 0 Å². The molecular formula is C26H25N3O5S.